The lowest BCUT2D eigenvalue weighted by molar-refractivity contribution is 0.231. The van der Waals surface area contributed by atoms with Crippen LogP contribution >= 0.6 is 0 Å². The summed E-state index contributed by atoms with van der Waals surface area (Å²) in [5, 5.41) is 3.48. The second-order valence-corrected chi connectivity index (χ2v) is 5.06. The maximum atomic E-state index is 5.56. The summed E-state index contributed by atoms with van der Waals surface area (Å²) in [5.41, 5.74) is 0. The van der Waals surface area contributed by atoms with Crippen LogP contribution in [0.2, 0.25) is 0 Å². The molecule has 100 valence electrons. The fraction of sp³-hybridized carbons (Fsp3) is 0.692. The maximum Gasteiger partial charge on any atom is 0.234 e. The smallest absolute Gasteiger partial charge is 0.234 e. The molecule has 1 aliphatic rings. The molecule has 1 saturated heterocycles. The number of likely N-dealkylation sites (N-methyl/N-ethyl adjacent to an activating group) is 1. The van der Waals surface area contributed by atoms with E-state index >= 15 is 0 Å². The van der Waals surface area contributed by atoms with Gasteiger partial charge in [0.1, 0.15) is 0 Å². The van der Waals surface area contributed by atoms with E-state index in [-0.39, 0.29) is 6.10 Å². The highest BCUT2D eigenvalue weighted by Gasteiger charge is 2.17. The second kappa shape index (κ2) is 6.00. The number of nitrogens with one attached hydrogen (secondary N) is 1. The number of hydrogen-bond acceptors (Lipinski definition) is 5. The lowest BCUT2D eigenvalue weighted by Crippen LogP contribution is -2.35. The summed E-state index contributed by atoms with van der Waals surface area (Å²) in [4.78, 5) is 10.8. The normalized spacial score (nSPS) is 19.2. The van der Waals surface area contributed by atoms with Crippen molar-refractivity contribution in [3.63, 3.8) is 0 Å². The Morgan fingerprint density at radius 1 is 1.50 bits per heavy atom. The minimum atomic E-state index is 0.122. The number of rotatable bonds is 5. The Morgan fingerprint density at radius 3 is 3.00 bits per heavy atom. The van der Waals surface area contributed by atoms with Crippen molar-refractivity contribution in [1.82, 2.24) is 15.3 Å². The highest BCUT2D eigenvalue weighted by molar-refractivity contribution is 5.36. The van der Waals surface area contributed by atoms with Gasteiger partial charge in [-0.3, -0.25) is 4.98 Å². The Hall–Kier alpha value is -1.36. The zero-order valence-corrected chi connectivity index (χ0v) is 11.4. The zero-order valence-electron chi connectivity index (χ0n) is 11.4. The standard InChI is InChI=1S/C13H22N4O/c1-10(2)18-13-8-14-7-12(16-13)17(3)9-11-5-4-6-15-11/h7-8,10-11,15H,4-6,9H2,1-3H3. The average molecular weight is 250 g/mol. The van der Waals surface area contributed by atoms with E-state index in [4.69, 9.17) is 4.74 Å². The molecule has 0 saturated carbocycles. The molecule has 18 heavy (non-hydrogen) atoms. The van der Waals surface area contributed by atoms with Crippen molar-refractivity contribution >= 4 is 5.82 Å². The van der Waals surface area contributed by atoms with Crippen molar-refractivity contribution in [3.8, 4) is 5.88 Å². The highest BCUT2D eigenvalue weighted by Crippen LogP contribution is 2.15. The first-order valence-electron chi connectivity index (χ1n) is 6.58. The summed E-state index contributed by atoms with van der Waals surface area (Å²) in [6, 6.07) is 0.562. The van der Waals surface area contributed by atoms with Gasteiger partial charge in [0.15, 0.2) is 5.82 Å². The first-order valence-corrected chi connectivity index (χ1v) is 6.58. The molecule has 1 atom stereocenters. The summed E-state index contributed by atoms with van der Waals surface area (Å²) < 4.78 is 5.56. The predicted molar refractivity (Wildman–Crippen MR) is 72.1 cm³/mol. The van der Waals surface area contributed by atoms with Gasteiger partial charge in [-0.05, 0) is 33.2 Å². The van der Waals surface area contributed by atoms with Gasteiger partial charge < -0.3 is 15.0 Å². The molecule has 5 nitrogen and oxygen atoms in total. The van der Waals surface area contributed by atoms with Crippen molar-refractivity contribution in [1.29, 1.82) is 0 Å². The molecule has 1 N–H and O–H groups in total. The summed E-state index contributed by atoms with van der Waals surface area (Å²) in [5.74, 6) is 1.45. The van der Waals surface area contributed by atoms with Crippen LogP contribution in [-0.4, -0.2) is 42.3 Å². The summed E-state index contributed by atoms with van der Waals surface area (Å²) in [6.45, 7) is 6.06. The third-order valence-electron chi connectivity index (χ3n) is 3.00. The molecule has 1 aliphatic heterocycles. The molecule has 1 aromatic rings. The van der Waals surface area contributed by atoms with Gasteiger partial charge in [0, 0.05) is 19.6 Å². The highest BCUT2D eigenvalue weighted by atomic mass is 16.5. The van der Waals surface area contributed by atoms with Crippen molar-refractivity contribution < 1.29 is 4.74 Å². The van der Waals surface area contributed by atoms with Crippen LogP contribution in [0.4, 0.5) is 5.82 Å². The van der Waals surface area contributed by atoms with Crippen molar-refractivity contribution in [2.75, 3.05) is 25.0 Å². The van der Waals surface area contributed by atoms with Crippen LogP contribution in [-0.2, 0) is 0 Å². The Balaban J connectivity index is 1.98. The molecular weight excluding hydrogens is 228 g/mol. The average Bonchev–Trinajstić information content (AvgIpc) is 2.81. The largest absolute Gasteiger partial charge is 0.474 e. The summed E-state index contributed by atoms with van der Waals surface area (Å²) in [6.07, 6.45) is 6.06. The molecule has 0 radical (unpaired) electrons. The van der Waals surface area contributed by atoms with Gasteiger partial charge in [0.05, 0.1) is 18.5 Å². The Labute approximate surface area is 109 Å². The van der Waals surface area contributed by atoms with Crippen LogP contribution in [0.1, 0.15) is 26.7 Å². The Kier molecular flexibility index (Phi) is 4.36. The molecular formula is C13H22N4O. The monoisotopic (exact) mass is 250 g/mol. The topological polar surface area (TPSA) is 50.3 Å². The van der Waals surface area contributed by atoms with Crippen LogP contribution < -0.4 is 15.0 Å². The quantitative estimate of drug-likeness (QED) is 0.857. The number of ether oxygens (including phenoxy) is 1. The molecule has 0 aliphatic carbocycles. The fourth-order valence-electron chi connectivity index (χ4n) is 2.16. The maximum absolute atomic E-state index is 5.56. The van der Waals surface area contributed by atoms with Gasteiger partial charge in [0.2, 0.25) is 5.88 Å². The molecule has 2 rings (SSSR count). The molecule has 0 spiro atoms. The molecule has 0 bridgehead atoms. The van der Waals surface area contributed by atoms with E-state index in [0.717, 1.165) is 18.9 Å². The molecule has 0 amide bonds. The molecule has 2 heterocycles. The van der Waals surface area contributed by atoms with Crippen LogP contribution in [0.5, 0.6) is 5.88 Å². The van der Waals surface area contributed by atoms with Crippen LogP contribution in [0.3, 0.4) is 0 Å². The number of hydrogen-bond donors (Lipinski definition) is 1. The fourth-order valence-corrected chi connectivity index (χ4v) is 2.16. The predicted octanol–water partition coefficient (Wildman–Crippen LogP) is 1.45. The minimum absolute atomic E-state index is 0.122. The van der Waals surface area contributed by atoms with E-state index in [1.807, 2.05) is 20.9 Å². The van der Waals surface area contributed by atoms with Crippen LogP contribution in [0.25, 0.3) is 0 Å². The number of aromatic nitrogens is 2. The van der Waals surface area contributed by atoms with E-state index in [2.05, 4.69) is 20.2 Å². The van der Waals surface area contributed by atoms with Gasteiger partial charge in [-0.25, -0.2) is 0 Å². The van der Waals surface area contributed by atoms with Crippen molar-refractivity contribution in [2.24, 2.45) is 0 Å². The molecule has 1 aromatic heterocycles. The second-order valence-electron chi connectivity index (χ2n) is 5.06. The summed E-state index contributed by atoms with van der Waals surface area (Å²) in [7, 11) is 2.04. The van der Waals surface area contributed by atoms with E-state index in [0.29, 0.717) is 11.9 Å². The van der Waals surface area contributed by atoms with Gasteiger partial charge in [-0.2, -0.15) is 4.98 Å². The number of nitrogens with zero attached hydrogens (tertiary/aromatic N) is 3. The third-order valence-corrected chi connectivity index (χ3v) is 3.00. The lowest BCUT2D eigenvalue weighted by atomic mass is 10.2. The van der Waals surface area contributed by atoms with Crippen molar-refractivity contribution in [2.45, 2.75) is 38.8 Å². The molecule has 5 heteroatoms. The Morgan fingerprint density at radius 2 is 2.33 bits per heavy atom. The SMILES string of the molecule is CC(C)Oc1cncc(N(C)CC2CCCN2)n1. The van der Waals surface area contributed by atoms with Gasteiger partial charge >= 0.3 is 0 Å². The van der Waals surface area contributed by atoms with E-state index < -0.39 is 0 Å². The first kappa shape index (κ1) is 13.1. The molecule has 0 aromatic carbocycles. The number of anilines is 1. The van der Waals surface area contributed by atoms with Gasteiger partial charge in [-0.1, -0.05) is 0 Å². The van der Waals surface area contributed by atoms with Gasteiger partial charge in [0.25, 0.3) is 0 Å². The Bertz CT molecular complexity index is 377. The molecule has 1 unspecified atom stereocenters. The van der Waals surface area contributed by atoms with Gasteiger partial charge in [-0.15, -0.1) is 0 Å². The molecule has 1 fully saturated rings. The van der Waals surface area contributed by atoms with Crippen molar-refractivity contribution in [3.05, 3.63) is 12.4 Å². The first-order chi connectivity index (χ1) is 8.65. The minimum Gasteiger partial charge on any atom is -0.474 e. The third kappa shape index (κ3) is 3.57. The van der Waals surface area contributed by atoms with E-state index in [9.17, 15) is 0 Å². The van der Waals surface area contributed by atoms with Crippen LogP contribution in [0.15, 0.2) is 12.4 Å². The summed E-state index contributed by atoms with van der Waals surface area (Å²) >= 11 is 0. The zero-order chi connectivity index (χ0) is 13.0. The van der Waals surface area contributed by atoms with E-state index in [1.54, 1.807) is 12.4 Å². The van der Waals surface area contributed by atoms with E-state index in [1.165, 1.54) is 12.8 Å². The lowest BCUT2D eigenvalue weighted by Gasteiger charge is -2.22. The van der Waals surface area contributed by atoms with Crippen LogP contribution in [0, 0.1) is 0 Å².